The number of piperidine rings is 1. The van der Waals surface area contributed by atoms with Crippen molar-refractivity contribution >= 4 is 23.5 Å². The zero-order valence-corrected chi connectivity index (χ0v) is 16.2. The van der Waals surface area contributed by atoms with Crippen molar-refractivity contribution in [3.63, 3.8) is 0 Å². The van der Waals surface area contributed by atoms with Crippen LogP contribution in [0.5, 0.6) is 0 Å². The molecule has 1 aliphatic heterocycles. The number of hydrogen-bond acceptors (Lipinski definition) is 4. The van der Waals surface area contributed by atoms with Crippen LogP contribution in [0.4, 0.5) is 0 Å². The molecule has 0 bridgehead atoms. The summed E-state index contributed by atoms with van der Waals surface area (Å²) in [6.45, 7) is 5.60. The van der Waals surface area contributed by atoms with Gasteiger partial charge in [-0.1, -0.05) is 30.3 Å². The van der Waals surface area contributed by atoms with Crippen LogP contribution in [0.1, 0.15) is 37.0 Å². The van der Waals surface area contributed by atoms with Crippen LogP contribution >= 0.6 is 0 Å². The van der Waals surface area contributed by atoms with Crippen molar-refractivity contribution in [3.05, 3.63) is 35.9 Å². The predicted octanol–water partition coefficient (Wildman–Crippen LogP) is 0.990. The SMILES string of the molecule is CC[N+](C)(CC)CC(=O)NC1CCC(=O)N(CC(=O)c2ccccc2)C1=O. The average Bonchev–Trinajstić information content (AvgIpc) is 2.67. The number of likely N-dealkylation sites (N-methyl/N-ethyl adjacent to an activating group) is 1. The fourth-order valence-electron chi connectivity index (χ4n) is 3.03. The maximum absolute atomic E-state index is 12.7. The molecule has 7 nitrogen and oxygen atoms in total. The van der Waals surface area contributed by atoms with E-state index in [1.54, 1.807) is 30.3 Å². The Morgan fingerprint density at radius 3 is 2.37 bits per heavy atom. The third kappa shape index (κ3) is 5.23. The van der Waals surface area contributed by atoms with Crippen molar-refractivity contribution in [3.8, 4) is 0 Å². The van der Waals surface area contributed by atoms with Crippen molar-refractivity contribution in [2.45, 2.75) is 32.7 Å². The Morgan fingerprint density at radius 1 is 1.15 bits per heavy atom. The second kappa shape index (κ2) is 8.90. The maximum Gasteiger partial charge on any atom is 0.275 e. The van der Waals surface area contributed by atoms with Gasteiger partial charge in [0, 0.05) is 12.0 Å². The Bertz CT molecular complexity index is 713. The molecule has 1 aliphatic rings. The highest BCUT2D eigenvalue weighted by Gasteiger charge is 2.37. The molecule has 1 N–H and O–H groups in total. The summed E-state index contributed by atoms with van der Waals surface area (Å²) >= 11 is 0. The molecular formula is C20H28N3O4+. The monoisotopic (exact) mass is 374 g/mol. The van der Waals surface area contributed by atoms with E-state index in [9.17, 15) is 19.2 Å². The lowest BCUT2D eigenvalue weighted by molar-refractivity contribution is -0.898. The van der Waals surface area contributed by atoms with Crippen molar-refractivity contribution in [1.82, 2.24) is 10.2 Å². The molecule has 1 aromatic rings. The van der Waals surface area contributed by atoms with Crippen LogP contribution in [0.2, 0.25) is 0 Å². The van der Waals surface area contributed by atoms with Crippen molar-refractivity contribution in [1.29, 1.82) is 0 Å². The molecule has 0 saturated carbocycles. The summed E-state index contributed by atoms with van der Waals surface area (Å²) in [5.74, 6) is -1.41. The molecule has 1 fully saturated rings. The first-order chi connectivity index (χ1) is 12.8. The number of benzene rings is 1. The normalized spacial score (nSPS) is 17.7. The van der Waals surface area contributed by atoms with Crippen LogP contribution < -0.4 is 5.32 Å². The van der Waals surface area contributed by atoms with Crippen molar-refractivity contribution < 1.29 is 23.7 Å². The molecule has 3 amide bonds. The molecule has 1 saturated heterocycles. The Morgan fingerprint density at radius 2 is 1.78 bits per heavy atom. The van der Waals surface area contributed by atoms with Crippen molar-refractivity contribution in [2.24, 2.45) is 0 Å². The lowest BCUT2D eigenvalue weighted by Gasteiger charge is -2.33. The highest BCUT2D eigenvalue weighted by molar-refractivity contribution is 6.07. The topological polar surface area (TPSA) is 83.6 Å². The zero-order chi connectivity index (χ0) is 20.0. The van der Waals surface area contributed by atoms with Crippen molar-refractivity contribution in [2.75, 3.05) is 33.2 Å². The molecule has 0 aromatic heterocycles. The van der Waals surface area contributed by atoms with Gasteiger partial charge in [0.25, 0.3) is 11.8 Å². The van der Waals surface area contributed by atoms with E-state index in [1.807, 2.05) is 20.9 Å². The highest BCUT2D eigenvalue weighted by atomic mass is 16.2. The highest BCUT2D eigenvalue weighted by Crippen LogP contribution is 2.15. The minimum absolute atomic E-state index is 0.131. The van der Waals surface area contributed by atoms with E-state index in [2.05, 4.69) is 5.32 Å². The molecule has 1 aromatic carbocycles. The fourth-order valence-corrected chi connectivity index (χ4v) is 3.03. The summed E-state index contributed by atoms with van der Waals surface area (Å²) in [4.78, 5) is 50.5. The van der Waals surface area contributed by atoms with Crippen LogP contribution in [0, 0.1) is 0 Å². The van der Waals surface area contributed by atoms with Gasteiger partial charge in [0.1, 0.15) is 6.04 Å². The number of ketones is 1. The van der Waals surface area contributed by atoms with Gasteiger partial charge in [-0.05, 0) is 20.3 Å². The molecule has 0 aliphatic carbocycles. The Hall–Kier alpha value is -2.54. The van der Waals surface area contributed by atoms with Crippen LogP contribution in [-0.2, 0) is 14.4 Å². The van der Waals surface area contributed by atoms with Gasteiger partial charge >= 0.3 is 0 Å². The Balaban J connectivity index is 2.02. The number of quaternary nitrogens is 1. The van der Waals surface area contributed by atoms with Gasteiger partial charge in [-0.3, -0.25) is 24.1 Å². The van der Waals surface area contributed by atoms with Gasteiger partial charge in [-0.25, -0.2) is 0 Å². The predicted molar refractivity (Wildman–Crippen MR) is 101 cm³/mol. The smallest absolute Gasteiger partial charge is 0.275 e. The number of amides is 3. The van der Waals surface area contributed by atoms with E-state index >= 15 is 0 Å². The molecule has 7 heteroatoms. The van der Waals surface area contributed by atoms with E-state index in [0.29, 0.717) is 10.0 Å². The van der Waals surface area contributed by atoms with Gasteiger partial charge in [-0.2, -0.15) is 0 Å². The number of carbonyl (C=O) groups is 4. The summed E-state index contributed by atoms with van der Waals surface area (Å²) in [7, 11) is 1.98. The minimum atomic E-state index is -0.763. The number of hydrogen-bond donors (Lipinski definition) is 1. The summed E-state index contributed by atoms with van der Waals surface area (Å²) in [5, 5.41) is 2.75. The number of rotatable bonds is 8. The summed E-state index contributed by atoms with van der Waals surface area (Å²) in [5.41, 5.74) is 0.447. The van der Waals surface area contributed by atoms with E-state index in [4.69, 9.17) is 0 Å². The summed E-state index contributed by atoms with van der Waals surface area (Å²) < 4.78 is 0.571. The van der Waals surface area contributed by atoms with Gasteiger partial charge in [-0.15, -0.1) is 0 Å². The number of carbonyl (C=O) groups excluding carboxylic acids is 4. The third-order valence-electron chi connectivity index (χ3n) is 5.30. The molecule has 1 unspecified atom stereocenters. The number of imide groups is 1. The first-order valence-electron chi connectivity index (χ1n) is 9.35. The van der Waals surface area contributed by atoms with Gasteiger partial charge in [0.05, 0.1) is 26.7 Å². The third-order valence-corrected chi connectivity index (χ3v) is 5.30. The van der Waals surface area contributed by atoms with E-state index in [0.717, 1.165) is 18.0 Å². The minimum Gasteiger partial charge on any atom is -0.339 e. The molecular weight excluding hydrogens is 346 g/mol. The number of likely N-dealkylation sites (tertiary alicyclic amines) is 1. The first kappa shape index (κ1) is 20.8. The average molecular weight is 374 g/mol. The Labute approximate surface area is 159 Å². The van der Waals surface area contributed by atoms with Crippen LogP contribution in [-0.4, -0.2) is 72.2 Å². The van der Waals surface area contributed by atoms with Crippen LogP contribution in [0.25, 0.3) is 0 Å². The van der Waals surface area contributed by atoms with Gasteiger partial charge < -0.3 is 9.80 Å². The molecule has 2 rings (SSSR count). The van der Waals surface area contributed by atoms with Gasteiger partial charge in [0.15, 0.2) is 12.3 Å². The summed E-state index contributed by atoms with van der Waals surface area (Å²) in [6.07, 6.45) is 0.397. The van der Waals surface area contributed by atoms with Crippen LogP contribution in [0.15, 0.2) is 30.3 Å². The van der Waals surface area contributed by atoms with Crippen LogP contribution in [0.3, 0.4) is 0 Å². The molecule has 1 atom stereocenters. The quantitative estimate of drug-likeness (QED) is 0.418. The standard InChI is InChI=1S/C20H27N3O4/c1-4-23(3,5-2)14-18(25)21-16-11-12-19(26)22(20(16)27)13-17(24)15-9-7-6-8-10-15/h6-10,16H,4-5,11-14H2,1-3H3/p+1. The second-order valence-electron chi connectivity index (χ2n) is 7.18. The first-order valence-corrected chi connectivity index (χ1v) is 9.35. The zero-order valence-electron chi connectivity index (χ0n) is 16.2. The second-order valence-corrected chi connectivity index (χ2v) is 7.18. The Kier molecular flexibility index (Phi) is 6.85. The molecule has 1 heterocycles. The summed E-state index contributed by atoms with van der Waals surface area (Å²) in [6, 6.07) is 7.78. The number of Topliss-reactive ketones (excluding diaryl/α,β-unsaturated/α-hetero) is 1. The number of nitrogens with one attached hydrogen (secondary N) is 1. The molecule has 27 heavy (non-hydrogen) atoms. The lowest BCUT2D eigenvalue weighted by Crippen LogP contribution is -2.58. The van der Waals surface area contributed by atoms with E-state index in [1.165, 1.54) is 0 Å². The van der Waals surface area contributed by atoms with Gasteiger partial charge in [0.2, 0.25) is 5.91 Å². The van der Waals surface area contributed by atoms with E-state index in [-0.39, 0.29) is 43.5 Å². The fraction of sp³-hybridized carbons (Fsp3) is 0.500. The largest absolute Gasteiger partial charge is 0.339 e. The number of nitrogens with zero attached hydrogens (tertiary/aromatic N) is 2. The van der Waals surface area contributed by atoms with E-state index < -0.39 is 11.9 Å². The molecule has 146 valence electrons. The molecule has 0 radical (unpaired) electrons. The molecule has 0 spiro atoms. The maximum atomic E-state index is 12.7. The lowest BCUT2D eigenvalue weighted by atomic mass is 10.0.